The van der Waals surface area contributed by atoms with E-state index in [0.29, 0.717) is 5.41 Å². The van der Waals surface area contributed by atoms with Crippen molar-refractivity contribution in [2.24, 2.45) is 5.41 Å². The van der Waals surface area contributed by atoms with E-state index in [0.717, 1.165) is 6.61 Å². The molecule has 60 valence electrons. The standard InChI is InChI=1S/C9H18O/c1-8(2)5-6-10-9(3,4)7-8/h5-7H2,1-4H3. The van der Waals surface area contributed by atoms with Crippen molar-refractivity contribution in [2.45, 2.75) is 46.1 Å². The number of hydrogen-bond acceptors (Lipinski definition) is 1. The predicted octanol–water partition coefficient (Wildman–Crippen LogP) is 2.60. The molecule has 0 N–H and O–H groups in total. The average Bonchev–Trinajstić information content (AvgIpc) is 1.56. The van der Waals surface area contributed by atoms with E-state index < -0.39 is 0 Å². The Morgan fingerprint density at radius 1 is 1.10 bits per heavy atom. The average molecular weight is 142 g/mol. The van der Waals surface area contributed by atoms with Crippen LogP contribution >= 0.6 is 0 Å². The van der Waals surface area contributed by atoms with Crippen LogP contribution in [0.25, 0.3) is 0 Å². The summed E-state index contributed by atoms with van der Waals surface area (Å²) in [5.41, 5.74) is 0.601. The maximum absolute atomic E-state index is 5.60. The molecule has 1 nitrogen and oxygen atoms in total. The second kappa shape index (κ2) is 2.23. The lowest BCUT2D eigenvalue weighted by molar-refractivity contribution is -0.0944. The van der Waals surface area contributed by atoms with E-state index in [1.807, 2.05) is 0 Å². The molecule has 0 atom stereocenters. The van der Waals surface area contributed by atoms with Crippen molar-refractivity contribution in [3.05, 3.63) is 0 Å². The van der Waals surface area contributed by atoms with E-state index >= 15 is 0 Å². The fourth-order valence-corrected chi connectivity index (χ4v) is 1.90. The van der Waals surface area contributed by atoms with Crippen molar-refractivity contribution in [3.8, 4) is 0 Å². The van der Waals surface area contributed by atoms with E-state index in [1.165, 1.54) is 12.8 Å². The Morgan fingerprint density at radius 3 is 2.00 bits per heavy atom. The van der Waals surface area contributed by atoms with Gasteiger partial charge in [0.15, 0.2) is 0 Å². The van der Waals surface area contributed by atoms with Gasteiger partial charge in [0.05, 0.1) is 5.60 Å². The van der Waals surface area contributed by atoms with Crippen LogP contribution in [0.4, 0.5) is 0 Å². The molecule has 1 rings (SSSR count). The van der Waals surface area contributed by atoms with E-state index in [4.69, 9.17) is 4.74 Å². The van der Waals surface area contributed by atoms with Gasteiger partial charge in [-0.2, -0.15) is 0 Å². The van der Waals surface area contributed by atoms with Crippen molar-refractivity contribution in [3.63, 3.8) is 0 Å². The van der Waals surface area contributed by atoms with Gasteiger partial charge in [-0.05, 0) is 32.1 Å². The zero-order valence-corrected chi connectivity index (χ0v) is 7.53. The van der Waals surface area contributed by atoms with Gasteiger partial charge in [0, 0.05) is 6.61 Å². The summed E-state index contributed by atoms with van der Waals surface area (Å²) in [7, 11) is 0. The Labute approximate surface area is 63.8 Å². The molecule has 1 aliphatic heterocycles. The molecule has 0 aliphatic carbocycles. The summed E-state index contributed by atoms with van der Waals surface area (Å²) < 4.78 is 5.60. The fraction of sp³-hybridized carbons (Fsp3) is 1.00. The first kappa shape index (κ1) is 8.06. The molecule has 0 aromatic rings. The normalized spacial score (nSPS) is 30.0. The molecule has 0 spiro atoms. The minimum atomic E-state index is 0.113. The van der Waals surface area contributed by atoms with Crippen LogP contribution in [0.1, 0.15) is 40.5 Å². The molecule has 1 heterocycles. The summed E-state index contributed by atoms with van der Waals surface area (Å²) in [6, 6.07) is 0. The van der Waals surface area contributed by atoms with Crippen LogP contribution in [0.2, 0.25) is 0 Å². The van der Waals surface area contributed by atoms with Crippen LogP contribution in [0, 0.1) is 5.41 Å². The van der Waals surface area contributed by atoms with E-state index in [1.54, 1.807) is 0 Å². The highest BCUT2D eigenvalue weighted by molar-refractivity contribution is 4.83. The summed E-state index contributed by atoms with van der Waals surface area (Å²) >= 11 is 0. The minimum absolute atomic E-state index is 0.113. The Hall–Kier alpha value is -0.0400. The van der Waals surface area contributed by atoms with Crippen molar-refractivity contribution in [1.29, 1.82) is 0 Å². The third-order valence-electron chi connectivity index (χ3n) is 2.18. The van der Waals surface area contributed by atoms with Crippen LogP contribution in [0.5, 0.6) is 0 Å². The van der Waals surface area contributed by atoms with Gasteiger partial charge in [-0.15, -0.1) is 0 Å². The predicted molar refractivity (Wildman–Crippen MR) is 43.0 cm³/mol. The minimum Gasteiger partial charge on any atom is -0.376 e. The molecular formula is C9H18O. The zero-order valence-electron chi connectivity index (χ0n) is 7.53. The van der Waals surface area contributed by atoms with Gasteiger partial charge in [-0.25, -0.2) is 0 Å². The van der Waals surface area contributed by atoms with E-state index in [9.17, 15) is 0 Å². The van der Waals surface area contributed by atoms with Gasteiger partial charge >= 0.3 is 0 Å². The maximum Gasteiger partial charge on any atom is 0.0631 e. The zero-order chi connectivity index (χ0) is 7.83. The Balaban J connectivity index is 2.56. The second-order valence-corrected chi connectivity index (χ2v) is 4.70. The van der Waals surface area contributed by atoms with Crippen LogP contribution in [0.3, 0.4) is 0 Å². The quantitative estimate of drug-likeness (QED) is 0.505. The van der Waals surface area contributed by atoms with Gasteiger partial charge in [0.2, 0.25) is 0 Å². The third kappa shape index (κ3) is 1.98. The summed E-state index contributed by atoms with van der Waals surface area (Å²) in [5.74, 6) is 0. The third-order valence-corrected chi connectivity index (χ3v) is 2.18. The first-order chi connectivity index (χ1) is 4.41. The van der Waals surface area contributed by atoms with Crippen LogP contribution in [-0.2, 0) is 4.74 Å². The molecule has 0 radical (unpaired) electrons. The van der Waals surface area contributed by atoms with Crippen LogP contribution in [0.15, 0.2) is 0 Å². The topological polar surface area (TPSA) is 9.23 Å². The van der Waals surface area contributed by atoms with E-state index in [-0.39, 0.29) is 5.60 Å². The molecular weight excluding hydrogens is 124 g/mol. The molecule has 1 saturated heterocycles. The first-order valence-corrected chi connectivity index (χ1v) is 4.05. The highest BCUT2D eigenvalue weighted by atomic mass is 16.5. The molecule has 1 aliphatic rings. The van der Waals surface area contributed by atoms with E-state index in [2.05, 4.69) is 27.7 Å². The van der Waals surface area contributed by atoms with Crippen molar-refractivity contribution >= 4 is 0 Å². The molecule has 1 fully saturated rings. The lowest BCUT2D eigenvalue weighted by Crippen LogP contribution is -2.38. The molecule has 1 heteroatoms. The summed E-state index contributed by atoms with van der Waals surface area (Å²) in [4.78, 5) is 0. The Bertz CT molecular complexity index is 111. The lowest BCUT2D eigenvalue weighted by atomic mass is 9.77. The van der Waals surface area contributed by atoms with Gasteiger partial charge in [0.1, 0.15) is 0 Å². The monoisotopic (exact) mass is 142 g/mol. The molecule has 10 heavy (non-hydrogen) atoms. The maximum atomic E-state index is 5.60. The van der Waals surface area contributed by atoms with Crippen molar-refractivity contribution < 1.29 is 4.74 Å². The van der Waals surface area contributed by atoms with Gasteiger partial charge in [-0.3, -0.25) is 0 Å². The van der Waals surface area contributed by atoms with Crippen molar-refractivity contribution in [1.82, 2.24) is 0 Å². The second-order valence-electron chi connectivity index (χ2n) is 4.70. The van der Waals surface area contributed by atoms with Gasteiger partial charge in [-0.1, -0.05) is 13.8 Å². The molecule has 0 unspecified atom stereocenters. The van der Waals surface area contributed by atoms with Crippen LogP contribution < -0.4 is 0 Å². The molecule has 0 bridgehead atoms. The number of rotatable bonds is 0. The van der Waals surface area contributed by atoms with Gasteiger partial charge in [0.25, 0.3) is 0 Å². The first-order valence-electron chi connectivity index (χ1n) is 4.05. The summed E-state index contributed by atoms with van der Waals surface area (Å²) in [6.45, 7) is 9.91. The van der Waals surface area contributed by atoms with Gasteiger partial charge < -0.3 is 4.74 Å². The Kier molecular flexibility index (Phi) is 1.80. The highest BCUT2D eigenvalue weighted by Gasteiger charge is 2.33. The van der Waals surface area contributed by atoms with Crippen LogP contribution in [-0.4, -0.2) is 12.2 Å². The fourth-order valence-electron chi connectivity index (χ4n) is 1.90. The largest absolute Gasteiger partial charge is 0.376 e. The molecule has 0 amide bonds. The smallest absolute Gasteiger partial charge is 0.0631 e. The Morgan fingerprint density at radius 2 is 1.70 bits per heavy atom. The summed E-state index contributed by atoms with van der Waals surface area (Å²) in [5, 5.41) is 0. The highest BCUT2D eigenvalue weighted by Crippen LogP contribution is 2.37. The summed E-state index contributed by atoms with van der Waals surface area (Å²) in [6.07, 6.45) is 2.39. The molecule has 0 saturated carbocycles. The number of ether oxygens (including phenoxy) is 1. The SMILES string of the molecule is CC1(C)CCOC(C)(C)C1. The van der Waals surface area contributed by atoms with Crippen molar-refractivity contribution in [2.75, 3.05) is 6.61 Å². The molecule has 0 aromatic heterocycles. The number of hydrogen-bond donors (Lipinski definition) is 0. The lowest BCUT2D eigenvalue weighted by Gasteiger charge is -2.40. The molecule has 0 aromatic carbocycles.